The SMILES string of the molecule is CCCN1CCCC(NCc2ccoc2)CC1. The van der Waals surface area contributed by atoms with E-state index in [0.29, 0.717) is 6.04 Å². The Morgan fingerprint density at radius 3 is 3.12 bits per heavy atom. The molecule has 0 aliphatic carbocycles. The zero-order valence-electron chi connectivity index (χ0n) is 10.8. The van der Waals surface area contributed by atoms with Crippen LogP contribution < -0.4 is 5.32 Å². The molecular weight excluding hydrogens is 212 g/mol. The van der Waals surface area contributed by atoms with Crippen molar-refractivity contribution in [2.24, 2.45) is 0 Å². The number of nitrogens with zero attached hydrogens (tertiary/aromatic N) is 1. The van der Waals surface area contributed by atoms with Crippen LogP contribution in [0, 0.1) is 0 Å². The summed E-state index contributed by atoms with van der Waals surface area (Å²) in [6.07, 6.45) is 8.74. The van der Waals surface area contributed by atoms with E-state index in [2.05, 4.69) is 17.1 Å². The van der Waals surface area contributed by atoms with Crippen molar-refractivity contribution in [1.29, 1.82) is 0 Å². The summed E-state index contributed by atoms with van der Waals surface area (Å²) in [7, 11) is 0. The van der Waals surface area contributed by atoms with Crippen molar-refractivity contribution in [1.82, 2.24) is 10.2 Å². The monoisotopic (exact) mass is 236 g/mol. The zero-order valence-corrected chi connectivity index (χ0v) is 10.8. The Labute approximate surface area is 104 Å². The summed E-state index contributed by atoms with van der Waals surface area (Å²) >= 11 is 0. The van der Waals surface area contributed by atoms with Crippen LogP contribution in [0.1, 0.15) is 38.2 Å². The van der Waals surface area contributed by atoms with Crippen molar-refractivity contribution in [3.63, 3.8) is 0 Å². The summed E-state index contributed by atoms with van der Waals surface area (Å²) in [5.41, 5.74) is 1.25. The van der Waals surface area contributed by atoms with Crippen LogP contribution in [0.15, 0.2) is 23.0 Å². The van der Waals surface area contributed by atoms with Gasteiger partial charge in [0.1, 0.15) is 0 Å². The quantitative estimate of drug-likeness (QED) is 0.852. The molecule has 1 unspecified atom stereocenters. The Balaban J connectivity index is 1.71. The predicted molar refractivity (Wildman–Crippen MR) is 69.9 cm³/mol. The highest BCUT2D eigenvalue weighted by molar-refractivity contribution is 5.04. The van der Waals surface area contributed by atoms with Crippen LogP contribution in [0.3, 0.4) is 0 Å². The lowest BCUT2D eigenvalue weighted by Crippen LogP contribution is -2.30. The Kier molecular flexibility index (Phi) is 5.08. The highest BCUT2D eigenvalue weighted by Crippen LogP contribution is 2.12. The molecule has 2 heterocycles. The Morgan fingerprint density at radius 1 is 1.41 bits per heavy atom. The van der Waals surface area contributed by atoms with E-state index in [1.165, 1.54) is 50.9 Å². The van der Waals surface area contributed by atoms with Crippen LogP contribution in [0.25, 0.3) is 0 Å². The van der Waals surface area contributed by atoms with E-state index in [0.717, 1.165) is 6.54 Å². The van der Waals surface area contributed by atoms with Gasteiger partial charge in [-0.25, -0.2) is 0 Å². The minimum atomic E-state index is 0.673. The molecule has 2 rings (SSSR count). The summed E-state index contributed by atoms with van der Waals surface area (Å²) in [4.78, 5) is 2.60. The van der Waals surface area contributed by atoms with E-state index in [-0.39, 0.29) is 0 Å². The molecule has 0 spiro atoms. The molecule has 1 aliphatic heterocycles. The fraction of sp³-hybridized carbons (Fsp3) is 0.714. The Bertz CT molecular complexity index is 297. The molecule has 0 amide bonds. The molecule has 3 heteroatoms. The lowest BCUT2D eigenvalue weighted by Gasteiger charge is -2.19. The molecule has 0 saturated carbocycles. The van der Waals surface area contributed by atoms with E-state index < -0.39 is 0 Å². The van der Waals surface area contributed by atoms with E-state index in [4.69, 9.17) is 4.42 Å². The van der Waals surface area contributed by atoms with Crippen LogP contribution in [0.4, 0.5) is 0 Å². The average Bonchev–Trinajstić information content (AvgIpc) is 2.75. The lowest BCUT2D eigenvalue weighted by molar-refractivity contribution is 0.282. The molecule has 1 saturated heterocycles. The van der Waals surface area contributed by atoms with Gasteiger partial charge in [0.25, 0.3) is 0 Å². The van der Waals surface area contributed by atoms with Crippen LogP contribution in [-0.4, -0.2) is 30.6 Å². The first kappa shape index (κ1) is 12.7. The number of nitrogens with one attached hydrogen (secondary N) is 1. The van der Waals surface area contributed by atoms with Crippen molar-refractivity contribution < 1.29 is 4.42 Å². The third kappa shape index (κ3) is 4.17. The molecule has 96 valence electrons. The molecule has 0 aromatic carbocycles. The fourth-order valence-corrected chi connectivity index (χ4v) is 2.56. The topological polar surface area (TPSA) is 28.4 Å². The summed E-state index contributed by atoms with van der Waals surface area (Å²) in [6.45, 7) is 6.98. The maximum atomic E-state index is 5.08. The minimum absolute atomic E-state index is 0.673. The van der Waals surface area contributed by atoms with Crippen LogP contribution >= 0.6 is 0 Å². The maximum absolute atomic E-state index is 5.08. The molecule has 1 N–H and O–H groups in total. The average molecular weight is 236 g/mol. The molecule has 3 nitrogen and oxygen atoms in total. The summed E-state index contributed by atoms with van der Waals surface area (Å²) in [6, 6.07) is 2.71. The number of hydrogen-bond donors (Lipinski definition) is 1. The summed E-state index contributed by atoms with van der Waals surface area (Å²) in [5.74, 6) is 0. The molecule has 0 radical (unpaired) electrons. The van der Waals surface area contributed by atoms with Gasteiger partial charge in [-0.2, -0.15) is 0 Å². The van der Waals surface area contributed by atoms with Gasteiger partial charge in [0.05, 0.1) is 12.5 Å². The van der Waals surface area contributed by atoms with Crippen LogP contribution in [0.5, 0.6) is 0 Å². The maximum Gasteiger partial charge on any atom is 0.0947 e. The first-order chi connectivity index (χ1) is 8.38. The van der Waals surface area contributed by atoms with Gasteiger partial charge in [-0.3, -0.25) is 0 Å². The highest BCUT2D eigenvalue weighted by atomic mass is 16.3. The molecular formula is C14H24N2O. The van der Waals surface area contributed by atoms with Crippen molar-refractivity contribution >= 4 is 0 Å². The minimum Gasteiger partial charge on any atom is -0.472 e. The van der Waals surface area contributed by atoms with Gasteiger partial charge < -0.3 is 14.6 Å². The largest absolute Gasteiger partial charge is 0.472 e. The molecule has 1 atom stereocenters. The second-order valence-corrected chi connectivity index (χ2v) is 4.98. The van der Waals surface area contributed by atoms with Gasteiger partial charge in [0.2, 0.25) is 0 Å². The van der Waals surface area contributed by atoms with Crippen molar-refractivity contribution in [3.8, 4) is 0 Å². The molecule has 0 bridgehead atoms. The van der Waals surface area contributed by atoms with Crippen molar-refractivity contribution in [2.75, 3.05) is 19.6 Å². The predicted octanol–water partition coefficient (Wildman–Crippen LogP) is 2.63. The molecule has 17 heavy (non-hydrogen) atoms. The standard InChI is InChI=1S/C14H24N2O/c1-2-7-16-8-3-4-14(5-9-16)15-11-13-6-10-17-12-13/h6,10,12,14-15H,2-5,7-9,11H2,1H3. The van der Waals surface area contributed by atoms with Gasteiger partial charge in [-0.15, -0.1) is 0 Å². The van der Waals surface area contributed by atoms with Gasteiger partial charge >= 0.3 is 0 Å². The lowest BCUT2D eigenvalue weighted by atomic mass is 10.1. The number of furan rings is 1. The van der Waals surface area contributed by atoms with E-state index >= 15 is 0 Å². The molecule has 1 aliphatic rings. The number of hydrogen-bond acceptors (Lipinski definition) is 3. The smallest absolute Gasteiger partial charge is 0.0947 e. The van der Waals surface area contributed by atoms with Crippen LogP contribution in [0.2, 0.25) is 0 Å². The van der Waals surface area contributed by atoms with Crippen molar-refractivity contribution in [3.05, 3.63) is 24.2 Å². The first-order valence-corrected chi connectivity index (χ1v) is 6.85. The van der Waals surface area contributed by atoms with Crippen LogP contribution in [-0.2, 0) is 6.54 Å². The van der Waals surface area contributed by atoms with Gasteiger partial charge in [-0.05, 0) is 51.4 Å². The highest BCUT2D eigenvalue weighted by Gasteiger charge is 2.15. The van der Waals surface area contributed by atoms with E-state index in [1.54, 1.807) is 6.26 Å². The van der Waals surface area contributed by atoms with Crippen molar-refractivity contribution in [2.45, 2.75) is 45.2 Å². The number of likely N-dealkylation sites (tertiary alicyclic amines) is 1. The summed E-state index contributed by atoms with van der Waals surface area (Å²) in [5, 5.41) is 3.64. The third-order valence-electron chi connectivity index (χ3n) is 3.54. The molecule has 1 aromatic heterocycles. The van der Waals surface area contributed by atoms with Gasteiger partial charge in [0.15, 0.2) is 0 Å². The Hall–Kier alpha value is -0.800. The molecule has 1 fully saturated rings. The summed E-state index contributed by atoms with van der Waals surface area (Å²) < 4.78 is 5.08. The van der Waals surface area contributed by atoms with Gasteiger partial charge in [0, 0.05) is 18.2 Å². The third-order valence-corrected chi connectivity index (χ3v) is 3.54. The zero-order chi connectivity index (χ0) is 11.9. The second kappa shape index (κ2) is 6.82. The Morgan fingerprint density at radius 2 is 2.35 bits per heavy atom. The van der Waals surface area contributed by atoms with E-state index in [1.807, 2.05) is 12.3 Å². The van der Waals surface area contributed by atoms with Gasteiger partial charge in [-0.1, -0.05) is 6.92 Å². The normalized spacial score (nSPS) is 22.5. The second-order valence-electron chi connectivity index (χ2n) is 4.98. The van der Waals surface area contributed by atoms with E-state index in [9.17, 15) is 0 Å². The number of rotatable bonds is 5. The fourth-order valence-electron chi connectivity index (χ4n) is 2.56. The first-order valence-electron chi connectivity index (χ1n) is 6.85. The molecule has 1 aromatic rings.